The maximum absolute atomic E-state index is 14.6. The number of benzene rings is 4. The number of anilines is 1. The molecule has 0 spiro atoms. The van der Waals surface area contributed by atoms with Crippen molar-refractivity contribution in [3.8, 4) is 5.75 Å². The molecule has 0 aromatic heterocycles. The first-order valence-corrected chi connectivity index (χ1v) is 17.1. The topological polar surface area (TPSA) is 96.0 Å². The lowest BCUT2D eigenvalue weighted by atomic mass is 10.0. The van der Waals surface area contributed by atoms with E-state index in [1.165, 1.54) is 36.3 Å². The second-order valence-corrected chi connectivity index (χ2v) is 13.5. The molecule has 0 aliphatic heterocycles. The smallest absolute Gasteiger partial charge is 0.264 e. The molecule has 4 aromatic rings. The van der Waals surface area contributed by atoms with Crippen molar-refractivity contribution in [3.63, 3.8) is 0 Å². The van der Waals surface area contributed by atoms with Gasteiger partial charge in [0.1, 0.15) is 18.3 Å². The van der Waals surface area contributed by atoms with E-state index in [2.05, 4.69) is 5.32 Å². The van der Waals surface area contributed by atoms with Gasteiger partial charge in [-0.25, -0.2) is 8.42 Å². The van der Waals surface area contributed by atoms with Crippen molar-refractivity contribution >= 4 is 62.3 Å². The summed E-state index contributed by atoms with van der Waals surface area (Å²) in [6.45, 7) is 1.54. The Labute approximate surface area is 284 Å². The lowest BCUT2D eigenvalue weighted by Crippen LogP contribution is -2.53. The van der Waals surface area contributed by atoms with E-state index >= 15 is 0 Å². The molecule has 0 aliphatic carbocycles. The number of hydrogen-bond donors (Lipinski definition) is 1. The number of nitrogens with one attached hydrogen (secondary N) is 1. The molecule has 4 aromatic carbocycles. The van der Waals surface area contributed by atoms with E-state index in [0.717, 1.165) is 9.87 Å². The molecule has 0 heterocycles. The molecule has 242 valence electrons. The van der Waals surface area contributed by atoms with E-state index < -0.39 is 28.5 Å². The average Bonchev–Trinajstić information content (AvgIpc) is 3.05. The Morgan fingerprint density at radius 2 is 1.50 bits per heavy atom. The second-order valence-electron chi connectivity index (χ2n) is 10.4. The van der Waals surface area contributed by atoms with Crippen LogP contribution in [0.25, 0.3) is 0 Å². The highest BCUT2D eigenvalue weighted by Crippen LogP contribution is 2.35. The number of sulfonamides is 1. The zero-order valence-corrected chi connectivity index (χ0v) is 28.4. The van der Waals surface area contributed by atoms with Crippen LogP contribution in [0.4, 0.5) is 5.69 Å². The third kappa shape index (κ3) is 8.73. The van der Waals surface area contributed by atoms with Crippen LogP contribution in [-0.4, -0.2) is 51.4 Å². The van der Waals surface area contributed by atoms with Crippen LogP contribution in [0.1, 0.15) is 24.5 Å². The first-order chi connectivity index (χ1) is 22.0. The second kappa shape index (κ2) is 16.2. The van der Waals surface area contributed by atoms with Gasteiger partial charge in [0.05, 0.1) is 17.7 Å². The van der Waals surface area contributed by atoms with Gasteiger partial charge in [0.25, 0.3) is 10.0 Å². The highest BCUT2D eigenvalue weighted by atomic mass is 35.5. The molecule has 0 bridgehead atoms. The molecule has 4 rings (SSSR count). The van der Waals surface area contributed by atoms with Gasteiger partial charge in [0.2, 0.25) is 11.8 Å². The number of amides is 2. The lowest BCUT2D eigenvalue weighted by Gasteiger charge is -2.34. The largest absolute Gasteiger partial charge is 0.495 e. The average molecular weight is 703 g/mol. The molecule has 0 unspecified atom stereocenters. The van der Waals surface area contributed by atoms with Crippen molar-refractivity contribution in [1.29, 1.82) is 0 Å². The van der Waals surface area contributed by atoms with Crippen molar-refractivity contribution in [3.05, 3.63) is 123 Å². The molecule has 46 heavy (non-hydrogen) atoms. The molecule has 2 amide bonds. The lowest BCUT2D eigenvalue weighted by molar-refractivity contribution is -0.140. The summed E-state index contributed by atoms with van der Waals surface area (Å²) in [5.74, 6) is -0.854. The maximum atomic E-state index is 14.6. The number of carbonyl (C=O) groups is 2. The highest BCUT2D eigenvalue weighted by Gasteiger charge is 2.35. The van der Waals surface area contributed by atoms with Gasteiger partial charge in [-0.1, -0.05) is 96.3 Å². The Bertz CT molecular complexity index is 1760. The summed E-state index contributed by atoms with van der Waals surface area (Å²) >= 11 is 19.0. The minimum absolute atomic E-state index is 0.0429. The van der Waals surface area contributed by atoms with Gasteiger partial charge >= 0.3 is 0 Å². The minimum atomic E-state index is -4.33. The van der Waals surface area contributed by atoms with Crippen molar-refractivity contribution in [2.45, 2.75) is 37.2 Å². The maximum Gasteiger partial charge on any atom is 0.264 e. The fourth-order valence-electron chi connectivity index (χ4n) is 4.84. The Balaban J connectivity index is 1.86. The van der Waals surface area contributed by atoms with Gasteiger partial charge in [-0.2, -0.15) is 0 Å². The minimum Gasteiger partial charge on any atom is -0.495 e. The molecule has 0 saturated carbocycles. The zero-order valence-electron chi connectivity index (χ0n) is 25.3. The predicted octanol–water partition coefficient (Wildman–Crippen LogP) is 7.02. The number of hydrogen-bond acceptors (Lipinski definition) is 5. The highest BCUT2D eigenvalue weighted by molar-refractivity contribution is 7.92. The van der Waals surface area contributed by atoms with Gasteiger partial charge < -0.3 is 15.0 Å². The number of halogens is 3. The fourth-order valence-corrected chi connectivity index (χ4v) is 6.92. The molecule has 1 atom stereocenters. The summed E-state index contributed by atoms with van der Waals surface area (Å²) in [5, 5.41) is 3.84. The van der Waals surface area contributed by atoms with Gasteiger partial charge in [-0.05, 0) is 60.0 Å². The van der Waals surface area contributed by atoms with Crippen LogP contribution in [0.15, 0.2) is 102 Å². The third-order valence-corrected chi connectivity index (χ3v) is 9.79. The Kier molecular flexibility index (Phi) is 12.3. The number of rotatable bonds is 14. The molecule has 8 nitrogen and oxygen atoms in total. The van der Waals surface area contributed by atoms with E-state index in [0.29, 0.717) is 28.6 Å². The molecule has 12 heteroatoms. The van der Waals surface area contributed by atoms with Gasteiger partial charge in [-0.3, -0.25) is 13.9 Å². The Hall–Kier alpha value is -3.76. The summed E-state index contributed by atoms with van der Waals surface area (Å²) in [4.78, 5) is 29.7. The van der Waals surface area contributed by atoms with Crippen LogP contribution in [0.2, 0.25) is 15.1 Å². The number of methoxy groups -OCH3 is 1. The van der Waals surface area contributed by atoms with Crippen LogP contribution in [-0.2, 0) is 32.6 Å². The SMILES string of the molecule is CCCNC(=O)[C@H](Cc1ccccc1)N(Cc1ccc(Cl)cc1Cl)C(=O)CN(c1cc(Cl)ccc1OC)S(=O)(=O)c1ccccc1. The van der Waals surface area contributed by atoms with Gasteiger partial charge in [-0.15, -0.1) is 0 Å². The first-order valence-electron chi connectivity index (χ1n) is 14.5. The molecule has 0 saturated heterocycles. The number of carbonyl (C=O) groups excluding carboxylic acids is 2. The summed E-state index contributed by atoms with van der Waals surface area (Å²) < 4.78 is 34.9. The molecular weight excluding hydrogens is 669 g/mol. The molecule has 0 fully saturated rings. The molecule has 1 N–H and O–H groups in total. The first kappa shape index (κ1) is 35.1. The number of ether oxygens (including phenoxy) is 1. The van der Waals surface area contributed by atoms with Gasteiger partial charge in [0, 0.05) is 34.6 Å². The van der Waals surface area contributed by atoms with Crippen molar-refractivity contribution < 1.29 is 22.7 Å². The monoisotopic (exact) mass is 701 g/mol. The van der Waals surface area contributed by atoms with E-state index in [1.54, 1.807) is 42.5 Å². The summed E-state index contributed by atoms with van der Waals surface area (Å²) in [6.07, 6.45) is 0.845. The zero-order chi connectivity index (χ0) is 33.3. The van der Waals surface area contributed by atoms with Crippen LogP contribution < -0.4 is 14.4 Å². The summed E-state index contributed by atoms with van der Waals surface area (Å²) in [6, 6.07) is 25.4. The van der Waals surface area contributed by atoms with E-state index in [4.69, 9.17) is 39.5 Å². The van der Waals surface area contributed by atoms with E-state index in [1.807, 2.05) is 37.3 Å². The molecular formula is C34H34Cl3N3O5S. The van der Waals surface area contributed by atoms with E-state index in [-0.39, 0.29) is 40.2 Å². The van der Waals surface area contributed by atoms with Crippen LogP contribution in [0.3, 0.4) is 0 Å². The predicted molar refractivity (Wildman–Crippen MR) is 183 cm³/mol. The quantitative estimate of drug-likeness (QED) is 0.153. The molecule has 0 radical (unpaired) electrons. The summed E-state index contributed by atoms with van der Waals surface area (Å²) in [5.41, 5.74) is 1.40. The van der Waals surface area contributed by atoms with Crippen molar-refractivity contribution in [2.75, 3.05) is 24.5 Å². The Morgan fingerprint density at radius 1 is 0.870 bits per heavy atom. The van der Waals surface area contributed by atoms with Crippen molar-refractivity contribution in [2.24, 2.45) is 0 Å². The summed E-state index contributed by atoms with van der Waals surface area (Å²) in [7, 11) is -2.94. The normalized spacial score (nSPS) is 11.8. The Morgan fingerprint density at radius 3 is 2.13 bits per heavy atom. The van der Waals surface area contributed by atoms with E-state index in [9.17, 15) is 18.0 Å². The number of nitrogens with zero attached hydrogens (tertiary/aromatic N) is 2. The van der Waals surface area contributed by atoms with Crippen LogP contribution >= 0.6 is 34.8 Å². The molecule has 0 aliphatic rings. The van der Waals surface area contributed by atoms with Gasteiger partial charge in [0.15, 0.2) is 0 Å². The van der Waals surface area contributed by atoms with Crippen LogP contribution in [0, 0.1) is 0 Å². The van der Waals surface area contributed by atoms with Crippen molar-refractivity contribution in [1.82, 2.24) is 10.2 Å². The van der Waals surface area contributed by atoms with Crippen LogP contribution in [0.5, 0.6) is 5.75 Å². The third-order valence-electron chi connectivity index (χ3n) is 7.20. The fraction of sp³-hybridized carbons (Fsp3) is 0.235. The standard InChI is InChI=1S/C34H34Cl3N3O5S/c1-3-18-38-34(42)31(19-24-10-6-4-7-11-24)39(22-25-14-15-26(35)20-29(25)37)33(41)23-40(30-21-27(36)16-17-32(30)45-2)46(43,44)28-12-8-5-9-13-28/h4-17,20-21,31H,3,18-19,22-23H2,1-2H3,(H,38,42)/t31-/m0/s1.